The summed E-state index contributed by atoms with van der Waals surface area (Å²) in [7, 11) is 0. The molecule has 0 aliphatic heterocycles. The van der Waals surface area contributed by atoms with Gasteiger partial charge in [-0.1, -0.05) is 260 Å². The van der Waals surface area contributed by atoms with Gasteiger partial charge in [-0.2, -0.15) is 0 Å². The molecule has 0 bridgehead atoms. The highest BCUT2D eigenvalue weighted by atomic mass is 16.5. The standard InChI is InChI=1S/C61H107NO5/c1-4-7-10-13-16-19-22-25-28-30-32-34-37-40-43-46-49-52-57(67-61(66)54-51-48-45-42-39-36-31-27-24-21-18-15-12-9-6-3)55-60(65)62-58(56-63)59(64)53-50-47-44-41-38-35-33-29-26-23-20-17-14-11-8-5-2/h9,12,15-16,18-19,21,24-25,27-28,31,36,39,57-59,63-64H,4-8,10-11,13-14,17,20,22-23,26,29-30,32-35,37-38,40-56H2,1-3H3,(H,62,65)/b12-9+,18-15+,19-16-,24-21-,28-25-,31-27-,39-36+. The lowest BCUT2D eigenvalue weighted by Gasteiger charge is -2.24. The van der Waals surface area contributed by atoms with E-state index in [9.17, 15) is 19.8 Å². The summed E-state index contributed by atoms with van der Waals surface area (Å²) in [5.74, 6) is -0.529. The van der Waals surface area contributed by atoms with Crippen molar-refractivity contribution in [1.82, 2.24) is 5.32 Å². The average molecular weight is 935 g/mol. The summed E-state index contributed by atoms with van der Waals surface area (Å²) in [6.45, 7) is 6.32. The Morgan fingerprint density at radius 3 is 1.37 bits per heavy atom. The Kier molecular flexibility index (Phi) is 51.6. The maximum Gasteiger partial charge on any atom is 0.306 e. The van der Waals surface area contributed by atoms with Crippen molar-refractivity contribution in [2.45, 2.75) is 283 Å². The highest BCUT2D eigenvalue weighted by molar-refractivity contribution is 5.77. The van der Waals surface area contributed by atoms with E-state index in [1.165, 1.54) is 135 Å². The van der Waals surface area contributed by atoms with Gasteiger partial charge in [-0.15, -0.1) is 0 Å². The van der Waals surface area contributed by atoms with E-state index in [4.69, 9.17) is 4.74 Å². The normalized spacial score (nSPS) is 13.8. The first-order valence-electron chi connectivity index (χ1n) is 28.4. The van der Waals surface area contributed by atoms with Crippen molar-refractivity contribution in [2.24, 2.45) is 0 Å². The van der Waals surface area contributed by atoms with Crippen molar-refractivity contribution < 1.29 is 24.5 Å². The molecule has 0 heterocycles. The molecule has 0 aliphatic rings. The fourth-order valence-electron chi connectivity index (χ4n) is 8.31. The Hall–Kier alpha value is -2.96. The lowest BCUT2D eigenvalue weighted by atomic mass is 10.0. The van der Waals surface area contributed by atoms with Crippen molar-refractivity contribution >= 4 is 11.9 Å². The van der Waals surface area contributed by atoms with Crippen molar-refractivity contribution in [3.63, 3.8) is 0 Å². The van der Waals surface area contributed by atoms with E-state index in [2.05, 4.69) is 74.7 Å². The van der Waals surface area contributed by atoms with Gasteiger partial charge in [0.1, 0.15) is 6.10 Å². The number of unbranched alkanes of at least 4 members (excludes halogenated alkanes) is 28. The summed E-state index contributed by atoms with van der Waals surface area (Å²) in [6.07, 6.45) is 70.7. The van der Waals surface area contributed by atoms with E-state index in [1.54, 1.807) is 0 Å². The number of amides is 1. The van der Waals surface area contributed by atoms with Crippen molar-refractivity contribution in [1.29, 1.82) is 0 Å². The van der Waals surface area contributed by atoms with Gasteiger partial charge in [0.05, 0.1) is 25.2 Å². The quantitative estimate of drug-likeness (QED) is 0.0244. The molecule has 6 heteroatoms. The molecule has 6 nitrogen and oxygen atoms in total. The zero-order chi connectivity index (χ0) is 48.8. The van der Waals surface area contributed by atoms with Gasteiger partial charge in [0, 0.05) is 6.42 Å². The molecule has 3 N–H and O–H groups in total. The molecule has 3 unspecified atom stereocenters. The van der Waals surface area contributed by atoms with Crippen molar-refractivity contribution in [2.75, 3.05) is 6.61 Å². The largest absolute Gasteiger partial charge is 0.462 e. The summed E-state index contributed by atoms with van der Waals surface area (Å²) >= 11 is 0. The number of ether oxygens (including phenoxy) is 1. The first-order valence-corrected chi connectivity index (χ1v) is 28.4. The third-order valence-electron chi connectivity index (χ3n) is 12.6. The highest BCUT2D eigenvalue weighted by Gasteiger charge is 2.24. The fourth-order valence-corrected chi connectivity index (χ4v) is 8.31. The second kappa shape index (κ2) is 54.0. The maximum absolute atomic E-state index is 13.3. The predicted octanol–water partition coefficient (Wildman–Crippen LogP) is 17.5. The van der Waals surface area contributed by atoms with Gasteiger partial charge >= 0.3 is 5.97 Å². The molecule has 0 aromatic rings. The number of hydrogen-bond acceptors (Lipinski definition) is 5. The summed E-state index contributed by atoms with van der Waals surface area (Å²) < 4.78 is 5.94. The molecule has 0 spiro atoms. The summed E-state index contributed by atoms with van der Waals surface area (Å²) in [5.41, 5.74) is 0. The van der Waals surface area contributed by atoms with Gasteiger partial charge in [0.25, 0.3) is 0 Å². The number of allylic oxidation sites excluding steroid dienone is 14. The van der Waals surface area contributed by atoms with Gasteiger partial charge in [0.2, 0.25) is 5.91 Å². The number of esters is 1. The molecule has 0 aromatic heterocycles. The Morgan fingerprint density at radius 1 is 0.463 bits per heavy atom. The number of hydrogen-bond donors (Lipinski definition) is 3. The minimum absolute atomic E-state index is 0.0515. The van der Waals surface area contributed by atoms with Gasteiger partial charge in [-0.05, 0) is 77.0 Å². The van der Waals surface area contributed by atoms with Crippen molar-refractivity contribution in [3.8, 4) is 0 Å². The van der Waals surface area contributed by atoms with Gasteiger partial charge in [-0.3, -0.25) is 9.59 Å². The highest BCUT2D eigenvalue weighted by Crippen LogP contribution is 2.18. The summed E-state index contributed by atoms with van der Waals surface area (Å²) in [4.78, 5) is 26.3. The molecule has 3 atom stereocenters. The van der Waals surface area contributed by atoms with Crippen LogP contribution in [-0.4, -0.2) is 46.9 Å². The van der Waals surface area contributed by atoms with Crippen LogP contribution in [0.2, 0.25) is 0 Å². The van der Waals surface area contributed by atoms with Crippen LogP contribution in [0, 0.1) is 0 Å². The van der Waals surface area contributed by atoms with Gasteiger partial charge in [0.15, 0.2) is 0 Å². The SMILES string of the molecule is CC/C=C/C=C/C=C\C=C/C=C/CCCCCC(=O)OC(CCCCCCCCC/C=C\C/C=C\CCCCC)CC(=O)NC(CO)C(O)CCCCCCCCCCCCCCCCCC. The second-order valence-electron chi connectivity index (χ2n) is 19.1. The summed E-state index contributed by atoms with van der Waals surface area (Å²) in [5, 5.41) is 23.9. The molecule has 1 amide bonds. The minimum atomic E-state index is -0.803. The van der Waals surface area contributed by atoms with Crippen LogP contribution in [-0.2, 0) is 14.3 Å². The van der Waals surface area contributed by atoms with Gasteiger partial charge in [-0.25, -0.2) is 0 Å². The van der Waals surface area contributed by atoms with E-state index in [0.717, 1.165) is 83.5 Å². The number of rotatable bonds is 50. The fraction of sp³-hybridized carbons (Fsp3) is 0.738. The van der Waals surface area contributed by atoms with Crippen LogP contribution in [0.15, 0.2) is 85.1 Å². The maximum atomic E-state index is 13.3. The van der Waals surface area contributed by atoms with Gasteiger partial charge < -0.3 is 20.3 Å². The monoisotopic (exact) mass is 934 g/mol. The molecule has 386 valence electrons. The van der Waals surface area contributed by atoms with Crippen molar-refractivity contribution in [3.05, 3.63) is 85.1 Å². The van der Waals surface area contributed by atoms with Crippen LogP contribution < -0.4 is 5.32 Å². The Balaban J connectivity index is 4.65. The second-order valence-corrected chi connectivity index (χ2v) is 19.1. The zero-order valence-electron chi connectivity index (χ0n) is 44.0. The third-order valence-corrected chi connectivity index (χ3v) is 12.6. The number of carbonyl (C=O) groups is 2. The molecule has 0 aliphatic carbocycles. The molecular weight excluding hydrogens is 827 g/mol. The van der Waals surface area contributed by atoms with Crippen LogP contribution in [0.4, 0.5) is 0 Å². The van der Waals surface area contributed by atoms with E-state index in [1.807, 2.05) is 36.5 Å². The number of nitrogens with one attached hydrogen (secondary N) is 1. The molecular formula is C61H107NO5. The molecule has 0 saturated heterocycles. The smallest absolute Gasteiger partial charge is 0.306 e. The van der Waals surface area contributed by atoms with Crippen LogP contribution in [0.1, 0.15) is 265 Å². The third kappa shape index (κ3) is 49.3. The summed E-state index contributed by atoms with van der Waals surface area (Å²) in [6, 6.07) is -0.719. The average Bonchev–Trinajstić information content (AvgIpc) is 3.32. The molecule has 67 heavy (non-hydrogen) atoms. The zero-order valence-corrected chi connectivity index (χ0v) is 44.0. The predicted molar refractivity (Wildman–Crippen MR) is 291 cm³/mol. The Bertz CT molecular complexity index is 1280. The first kappa shape index (κ1) is 64.0. The van der Waals surface area contributed by atoms with Crippen LogP contribution in [0.5, 0.6) is 0 Å². The molecule has 0 saturated carbocycles. The first-order chi connectivity index (χ1) is 33.0. The number of aliphatic hydroxyl groups is 2. The van der Waals surface area contributed by atoms with Crippen LogP contribution >= 0.6 is 0 Å². The molecule has 0 radical (unpaired) electrons. The molecule has 0 aromatic carbocycles. The van der Waals surface area contributed by atoms with E-state index in [-0.39, 0.29) is 24.9 Å². The van der Waals surface area contributed by atoms with E-state index < -0.39 is 18.2 Å². The topological polar surface area (TPSA) is 95.9 Å². The molecule has 0 rings (SSSR count). The Labute approximate surface area is 414 Å². The number of carbonyl (C=O) groups excluding carboxylic acids is 2. The molecule has 0 fully saturated rings. The van der Waals surface area contributed by atoms with E-state index >= 15 is 0 Å². The number of aliphatic hydroxyl groups excluding tert-OH is 2. The van der Waals surface area contributed by atoms with Crippen LogP contribution in [0.25, 0.3) is 0 Å². The lowest BCUT2D eigenvalue weighted by molar-refractivity contribution is -0.151. The minimum Gasteiger partial charge on any atom is -0.462 e. The van der Waals surface area contributed by atoms with Crippen LogP contribution in [0.3, 0.4) is 0 Å². The lowest BCUT2D eigenvalue weighted by Crippen LogP contribution is -2.46. The van der Waals surface area contributed by atoms with E-state index in [0.29, 0.717) is 19.3 Å². The Morgan fingerprint density at radius 2 is 0.866 bits per heavy atom.